The second-order valence-corrected chi connectivity index (χ2v) is 3.13. The van der Waals surface area contributed by atoms with E-state index in [0.717, 1.165) is 13.2 Å². The molecular weight excluding hydrogens is 255 g/mol. The van der Waals surface area contributed by atoms with Gasteiger partial charge in [-0.2, -0.15) is 13.2 Å². The van der Waals surface area contributed by atoms with Gasteiger partial charge >= 0.3 is 12.1 Å². The first-order chi connectivity index (χ1) is 8.32. The first kappa shape index (κ1) is 14.1. The normalized spacial score (nSPS) is 11.2. The van der Waals surface area contributed by atoms with Crippen molar-refractivity contribution in [2.45, 2.75) is 13.1 Å². The van der Waals surface area contributed by atoms with Crippen LogP contribution in [0, 0.1) is 0 Å². The van der Waals surface area contributed by atoms with Crippen LogP contribution in [0.2, 0.25) is 0 Å². The predicted octanol–water partition coefficient (Wildman–Crippen LogP) is 1.10. The molecule has 0 amide bonds. The highest BCUT2D eigenvalue weighted by Crippen LogP contribution is 2.26. The molecule has 18 heavy (non-hydrogen) atoms. The number of ether oxygens (including phenoxy) is 1. The first-order valence-corrected chi connectivity index (χ1v) is 4.87. The van der Waals surface area contributed by atoms with Gasteiger partial charge in [-0.15, -0.1) is 4.73 Å². The van der Waals surface area contributed by atoms with Gasteiger partial charge in [0.2, 0.25) is 0 Å². The van der Waals surface area contributed by atoms with Crippen LogP contribution >= 0.6 is 0 Å². The standard InChI is InChI=1S/C10H10F3NO4/c1-3-18-9(16)7-5-4-6(10(11,12)13)8(15)14(7)17-2/h4-5H,3H2,1-2H3. The molecule has 0 N–H and O–H groups in total. The molecule has 0 spiro atoms. The Hall–Kier alpha value is -1.99. The number of rotatable bonds is 3. The van der Waals surface area contributed by atoms with E-state index in [0.29, 0.717) is 6.07 Å². The molecule has 0 aliphatic heterocycles. The fourth-order valence-corrected chi connectivity index (χ4v) is 1.27. The van der Waals surface area contributed by atoms with Crippen molar-refractivity contribution in [1.29, 1.82) is 0 Å². The molecule has 5 nitrogen and oxygen atoms in total. The van der Waals surface area contributed by atoms with Crippen molar-refractivity contribution >= 4 is 5.97 Å². The van der Waals surface area contributed by atoms with Gasteiger partial charge in [-0.05, 0) is 19.1 Å². The molecule has 0 unspecified atom stereocenters. The lowest BCUT2D eigenvalue weighted by Gasteiger charge is -2.12. The molecule has 100 valence electrons. The van der Waals surface area contributed by atoms with E-state index in [1.807, 2.05) is 0 Å². The summed E-state index contributed by atoms with van der Waals surface area (Å²) in [6, 6.07) is 1.34. The summed E-state index contributed by atoms with van der Waals surface area (Å²) < 4.78 is 42.2. The van der Waals surface area contributed by atoms with Crippen LogP contribution < -0.4 is 10.4 Å². The van der Waals surface area contributed by atoms with E-state index >= 15 is 0 Å². The van der Waals surface area contributed by atoms with Gasteiger partial charge in [0.25, 0.3) is 5.56 Å². The number of carbonyl (C=O) groups excluding carboxylic acids is 1. The van der Waals surface area contributed by atoms with Crippen molar-refractivity contribution in [2.24, 2.45) is 0 Å². The van der Waals surface area contributed by atoms with E-state index in [4.69, 9.17) is 0 Å². The smallest absolute Gasteiger partial charge is 0.421 e. The molecule has 1 rings (SSSR count). The fraction of sp³-hybridized carbons (Fsp3) is 0.400. The molecule has 0 saturated carbocycles. The minimum Gasteiger partial charge on any atom is -0.461 e. The van der Waals surface area contributed by atoms with E-state index < -0.39 is 29.0 Å². The van der Waals surface area contributed by atoms with Gasteiger partial charge in [-0.1, -0.05) is 0 Å². The van der Waals surface area contributed by atoms with E-state index in [9.17, 15) is 22.8 Å². The Balaban J connectivity index is 3.39. The number of alkyl halides is 3. The van der Waals surface area contributed by atoms with Gasteiger partial charge in [-0.3, -0.25) is 4.79 Å². The van der Waals surface area contributed by atoms with E-state index in [1.165, 1.54) is 6.92 Å². The maximum absolute atomic E-state index is 12.5. The Bertz CT molecular complexity index is 507. The molecule has 8 heteroatoms. The van der Waals surface area contributed by atoms with Gasteiger partial charge < -0.3 is 9.57 Å². The summed E-state index contributed by atoms with van der Waals surface area (Å²) in [5.74, 6) is -0.940. The monoisotopic (exact) mass is 265 g/mol. The Kier molecular flexibility index (Phi) is 4.00. The number of halogens is 3. The molecule has 1 heterocycles. The molecular formula is C10H10F3NO4. The molecule has 1 aromatic rings. The SMILES string of the molecule is CCOC(=O)c1ccc(C(F)(F)F)c(=O)n1OC. The lowest BCUT2D eigenvalue weighted by molar-refractivity contribution is -0.139. The van der Waals surface area contributed by atoms with Crippen LogP contribution in [0.25, 0.3) is 0 Å². The number of hydrogen-bond donors (Lipinski definition) is 0. The highest BCUT2D eigenvalue weighted by atomic mass is 19.4. The van der Waals surface area contributed by atoms with E-state index in [-0.39, 0.29) is 11.3 Å². The minimum atomic E-state index is -4.81. The van der Waals surface area contributed by atoms with Crippen LogP contribution in [-0.2, 0) is 10.9 Å². The van der Waals surface area contributed by atoms with Gasteiger partial charge in [0.05, 0.1) is 6.61 Å². The fourth-order valence-electron chi connectivity index (χ4n) is 1.27. The van der Waals surface area contributed by atoms with Crippen molar-refractivity contribution in [3.05, 3.63) is 33.7 Å². The molecule has 0 saturated heterocycles. The molecule has 0 aliphatic rings. The second-order valence-electron chi connectivity index (χ2n) is 3.13. The number of pyridine rings is 1. The average molecular weight is 265 g/mol. The zero-order valence-electron chi connectivity index (χ0n) is 9.58. The number of hydrogen-bond acceptors (Lipinski definition) is 4. The Morgan fingerprint density at radius 3 is 2.44 bits per heavy atom. The highest BCUT2D eigenvalue weighted by molar-refractivity contribution is 5.87. The Morgan fingerprint density at radius 2 is 2.00 bits per heavy atom. The topological polar surface area (TPSA) is 57.5 Å². The van der Waals surface area contributed by atoms with Crippen molar-refractivity contribution in [1.82, 2.24) is 4.73 Å². The van der Waals surface area contributed by atoms with Crippen molar-refractivity contribution < 1.29 is 27.5 Å². The first-order valence-electron chi connectivity index (χ1n) is 4.87. The lowest BCUT2D eigenvalue weighted by Crippen LogP contribution is -2.35. The van der Waals surface area contributed by atoms with Crippen LogP contribution in [0.15, 0.2) is 16.9 Å². The van der Waals surface area contributed by atoms with Crippen molar-refractivity contribution in [3.8, 4) is 0 Å². The number of nitrogens with zero attached hydrogens (tertiary/aromatic N) is 1. The number of carbonyl (C=O) groups is 1. The zero-order chi connectivity index (χ0) is 13.9. The van der Waals surface area contributed by atoms with Gasteiger partial charge in [0.1, 0.15) is 12.7 Å². The number of aromatic nitrogens is 1. The predicted molar refractivity (Wildman–Crippen MR) is 54.2 cm³/mol. The van der Waals surface area contributed by atoms with Crippen molar-refractivity contribution in [3.63, 3.8) is 0 Å². The molecule has 0 bridgehead atoms. The van der Waals surface area contributed by atoms with E-state index in [1.54, 1.807) is 0 Å². The number of esters is 1. The third-order valence-corrected chi connectivity index (χ3v) is 2.01. The van der Waals surface area contributed by atoms with Crippen LogP contribution in [0.1, 0.15) is 23.0 Å². The Labute approximate surface area is 99.7 Å². The third kappa shape index (κ3) is 2.63. The van der Waals surface area contributed by atoms with Crippen LogP contribution in [0.5, 0.6) is 0 Å². The maximum atomic E-state index is 12.5. The minimum absolute atomic E-state index is 0.0256. The molecule has 0 fully saturated rings. The molecule has 0 aliphatic carbocycles. The summed E-state index contributed by atoms with van der Waals surface area (Å²) in [6.07, 6.45) is -4.81. The largest absolute Gasteiger partial charge is 0.461 e. The summed E-state index contributed by atoms with van der Waals surface area (Å²) in [5.41, 5.74) is -3.29. The average Bonchev–Trinajstić information content (AvgIpc) is 2.27. The highest BCUT2D eigenvalue weighted by Gasteiger charge is 2.35. The quantitative estimate of drug-likeness (QED) is 0.768. The second kappa shape index (κ2) is 5.11. The molecule has 0 atom stereocenters. The van der Waals surface area contributed by atoms with Gasteiger partial charge in [-0.25, -0.2) is 4.79 Å². The summed E-state index contributed by atoms with van der Waals surface area (Å²) in [5, 5.41) is 0. The zero-order valence-corrected chi connectivity index (χ0v) is 9.58. The summed E-state index contributed by atoms with van der Waals surface area (Å²) >= 11 is 0. The van der Waals surface area contributed by atoms with Crippen LogP contribution in [0.4, 0.5) is 13.2 Å². The van der Waals surface area contributed by atoms with Crippen LogP contribution in [-0.4, -0.2) is 24.4 Å². The van der Waals surface area contributed by atoms with E-state index in [2.05, 4.69) is 9.57 Å². The third-order valence-electron chi connectivity index (χ3n) is 2.01. The molecule has 1 aromatic heterocycles. The van der Waals surface area contributed by atoms with Gasteiger partial charge in [0.15, 0.2) is 5.69 Å². The summed E-state index contributed by atoms with van der Waals surface area (Å²) in [6.45, 7) is 1.55. The molecule has 0 radical (unpaired) electrons. The lowest BCUT2D eigenvalue weighted by atomic mass is 10.2. The van der Waals surface area contributed by atoms with Crippen LogP contribution in [0.3, 0.4) is 0 Å². The Morgan fingerprint density at radius 1 is 1.39 bits per heavy atom. The maximum Gasteiger partial charge on any atom is 0.421 e. The van der Waals surface area contributed by atoms with Gasteiger partial charge in [0, 0.05) is 0 Å². The summed E-state index contributed by atoms with van der Waals surface area (Å²) in [7, 11) is 0.976. The molecule has 0 aromatic carbocycles. The van der Waals surface area contributed by atoms with Crippen molar-refractivity contribution in [2.75, 3.05) is 13.7 Å². The summed E-state index contributed by atoms with van der Waals surface area (Å²) in [4.78, 5) is 27.4.